The molecule has 0 saturated heterocycles. The van der Waals surface area contributed by atoms with Gasteiger partial charge in [-0.05, 0) is 15.1 Å². The summed E-state index contributed by atoms with van der Waals surface area (Å²) >= 11 is 0. The van der Waals surface area contributed by atoms with Crippen molar-refractivity contribution in [2.24, 2.45) is 0 Å². The summed E-state index contributed by atoms with van der Waals surface area (Å²) in [6.07, 6.45) is 16.9. The van der Waals surface area contributed by atoms with Gasteiger partial charge in [0.2, 0.25) is 0 Å². The SMILES string of the molecule is CCCCCC(C)(C)[SiH](C(C)(C)CCCCC)C(C)(C)CCCCC. The van der Waals surface area contributed by atoms with E-state index in [0.717, 1.165) is 0 Å². The topological polar surface area (TPSA) is 0 Å². The van der Waals surface area contributed by atoms with Gasteiger partial charge in [-0.1, -0.05) is 139 Å². The van der Waals surface area contributed by atoms with Crippen molar-refractivity contribution in [2.45, 2.75) is 154 Å². The van der Waals surface area contributed by atoms with E-state index in [1.54, 1.807) is 0 Å². The molecule has 0 aromatic carbocycles. The van der Waals surface area contributed by atoms with Crippen LogP contribution < -0.4 is 0 Å². The average Bonchev–Trinajstić information content (AvgIpc) is 2.46. The summed E-state index contributed by atoms with van der Waals surface area (Å²) < 4.78 is 0. The van der Waals surface area contributed by atoms with Crippen LogP contribution in [0.4, 0.5) is 0 Å². The molecule has 0 aliphatic rings. The van der Waals surface area contributed by atoms with Gasteiger partial charge in [0.05, 0.1) is 8.80 Å². The zero-order valence-corrected chi connectivity index (χ0v) is 20.7. The maximum Gasteiger partial charge on any atom is 0.0540 e. The molecule has 0 N–H and O–H groups in total. The van der Waals surface area contributed by atoms with Crippen molar-refractivity contribution in [3.05, 3.63) is 0 Å². The summed E-state index contributed by atoms with van der Waals surface area (Å²) in [6, 6.07) is 0. The van der Waals surface area contributed by atoms with Crippen LogP contribution in [0.15, 0.2) is 0 Å². The summed E-state index contributed by atoms with van der Waals surface area (Å²) in [5, 5.41) is 1.71. The normalized spacial score (nSPS) is 13.7. The van der Waals surface area contributed by atoms with Gasteiger partial charge < -0.3 is 0 Å². The molecule has 0 aromatic rings. The lowest BCUT2D eigenvalue weighted by Crippen LogP contribution is -2.46. The van der Waals surface area contributed by atoms with E-state index < -0.39 is 8.80 Å². The molecule has 0 heterocycles. The lowest BCUT2D eigenvalue weighted by atomic mass is 10.0. The minimum absolute atomic E-state index is 0.570. The molecule has 0 aromatic heterocycles. The van der Waals surface area contributed by atoms with Crippen molar-refractivity contribution in [1.82, 2.24) is 0 Å². The van der Waals surface area contributed by atoms with Crippen LogP contribution >= 0.6 is 0 Å². The van der Waals surface area contributed by atoms with Crippen LogP contribution in [0.25, 0.3) is 0 Å². The Morgan fingerprint density at radius 1 is 0.440 bits per heavy atom. The minimum atomic E-state index is -0.989. The second kappa shape index (κ2) is 11.8. The van der Waals surface area contributed by atoms with Gasteiger partial charge in [0.25, 0.3) is 0 Å². The molecule has 25 heavy (non-hydrogen) atoms. The van der Waals surface area contributed by atoms with Crippen LogP contribution in [0.2, 0.25) is 15.1 Å². The molecule has 0 saturated carbocycles. The molecule has 0 aliphatic heterocycles. The first-order valence-electron chi connectivity index (χ1n) is 11.5. The lowest BCUT2D eigenvalue weighted by Gasteiger charge is -2.52. The number of unbranched alkanes of at least 4 members (excludes halogenated alkanes) is 6. The van der Waals surface area contributed by atoms with Crippen LogP contribution in [-0.4, -0.2) is 8.80 Å². The third-order valence-corrected chi connectivity index (χ3v) is 12.2. The van der Waals surface area contributed by atoms with Crippen molar-refractivity contribution < 1.29 is 0 Å². The Hall–Kier alpha value is 0.217. The lowest BCUT2D eigenvalue weighted by molar-refractivity contribution is 0.429. The highest BCUT2D eigenvalue weighted by molar-refractivity contribution is 6.68. The molecule has 0 bridgehead atoms. The molecule has 0 nitrogen and oxygen atoms in total. The quantitative estimate of drug-likeness (QED) is 0.199. The fraction of sp³-hybridized carbons (Fsp3) is 1.00. The van der Waals surface area contributed by atoms with E-state index in [4.69, 9.17) is 0 Å². The van der Waals surface area contributed by atoms with Gasteiger partial charge in [-0.15, -0.1) is 0 Å². The van der Waals surface area contributed by atoms with Crippen LogP contribution in [0.5, 0.6) is 0 Å². The first kappa shape index (κ1) is 25.2. The van der Waals surface area contributed by atoms with E-state index in [1.807, 2.05) is 0 Å². The zero-order chi connectivity index (χ0) is 19.6. The van der Waals surface area contributed by atoms with Crippen molar-refractivity contribution in [2.75, 3.05) is 0 Å². The predicted octanol–water partition coefficient (Wildman–Crippen LogP) is 9.29. The molecular weight excluding hydrogens is 316 g/mol. The van der Waals surface area contributed by atoms with Crippen LogP contribution in [0.3, 0.4) is 0 Å². The Morgan fingerprint density at radius 2 is 0.680 bits per heavy atom. The monoisotopic (exact) mass is 368 g/mol. The van der Waals surface area contributed by atoms with Crippen molar-refractivity contribution in [1.29, 1.82) is 0 Å². The van der Waals surface area contributed by atoms with Gasteiger partial charge >= 0.3 is 0 Å². The largest absolute Gasteiger partial charge is 0.0654 e. The van der Waals surface area contributed by atoms with Crippen molar-refractivity contribution in [3.63, 3.8) is 0 Å². The van der Waals surface area contributed by atoms with E-state index in [-0.39, 0.29) is 0 Å². The Balaban J connectivity index is 5.39. The highest BCUT2D eigenvalue weighted by Crippen LogP contribution is 2.59. The highest BCUT2D eigenvalue weighted by atomic mass is 28.3. The summed E-state index contributed by atoms with van der Waals surface area (Å²) in [5.41, 5.74) is 0. The van der Waals surface area contributed by atoms with E-state index in [1.165, 1.54) is 77.0 Å². The van der Waals surface area contributed by atoms with Gasteiger partial charge in [-0.25, -0.2) is 0 Å². The zero-order valence-electron chi connectivity index (χ0n) is 19.6. The van der Waals surface area contributed by atoms with E-state index >= 15 is 0 Å². The van der Waals surface area contributed by atoms with Gasteiger partial charge in [0.1, 0.15) is 0 Å². The maximum atomic E-state index is 2.64. The Kier molecular flexibility index (Phi) is 11.9. The average molecular weight is 369 g/mol. The number of hydrogen-bond acceptors (Lipinski definition) is 0. The standard InChI is InChI=1S/C24H52Si/c1-10-13-16-19-22(4,5)25(23(6,7)20-17-14-11-2)24(8,9)21-18-15-12-3/h25H,10-21H2,1-9H3. The summed E-state index contributed by atoms with van der Waals surface area (Å²) in [4.78, 5) is 0. The molecule has 0 unspecified atom stereocenters. The van der Waals surface area contributed by atoms with Crippen LogP contribution in [-0.2, 0) is 0 Å². The van der Waals surface area contributed by atoms with Crippen molar-refractivity contribution >= 4 is 8.80 Å². The maximum absolute atomic E-state index is 2.64. The first-order chi connectivity index (χ1) is 11.5. The molecule has 0 aliphatic carbocycles. The smallest absolute Gasteiger partial charge is 0.0540 e. The summed E-state index contributed by atoms with van der Waals surface area (Å²) in [6.45, 7) is 22.9. The molecule has 0 rings (SSSR count). The molecule has 152 valence electrons. The van der Waals surface area contributed by atoms with Gasteiger partial charge in [0, 0.05) is 0 Å². The highest BCUT2D eigenvalue weighted by Gasteiger charge is 2.49. The molecule has 0 amide bonds. The third-order valence-electron chi connectivity index (χ3n) is 6.62. The minimum Gasteiger partial charge on any atom is -0.0654 e. The molecule has 0 atom stereocenters. The Bertz CT molecular complexity index is 275. The Labute approximate surface area is 163 Å². The van der Waals surface area contributed by atoms with E-state index in [2.05, 4.69) is 62.3 Å². The second-order valence-electron chi connectivity index (χ2n) is 10.8. The van der Waals surface area contributed by atoms with Gasteiger partial charge in [0.15, 0.2) is 0 Å². The molecule has 1 heteroatoms. The Morgan fingerprint density at radius 3 is 0.880 bits per heavy atom. The molecule has 0 spiro atoms. The predicted molar refractivity (Wildman–Crippen MR) is 122 cm³/mol. The van der Waals surface area contributed by atoms with Crippen LogP contribution in [0, 0.1) is 0 Å². The van der Waals surface area contributed by atoms with E-state index in [0.29, 0.717) is 15.1 Å². The summed E-state index contributed by atoms with van der Waals surface area (Å²) in [5.74, 6) is 0. The molecule has 0 radical (unpaired) electrons. The fourth-order valence-corrected chi connectivity index (χ4v) is 13.9. The molecule has 0 fully saturated rings. The number of rotatable bonds is 15. The second-order valence-corrected chi connectivity index (χ2v) is 16.3. The van der Waals surface area contributed by atoms with E-state index in [9.17, 15) is 0 Å². The van der Waals surface area contributed by atoms with Gasteiger partial charge in [-0.3, -0.25) is 0 Å². The first-order valence-corrected chi connectivity index (χ1v) is 13.3. The third kappa shape index (κ3) is 9.11. The van der Waals surface area contributed by atoms with Gasteiger partial charge in [-0.2, -0.15) is 0 Å². The number of hydrogen-bond donors (Lipinski definition) is 0. The molecular formula is C24H52Si. The van der Waals surface area contributed by atoms with Crippen LogP contribution in [0.1, 0.15) is 139 Å². The van der Waals surface area contributed by atoms with Crippen molar-refractivity contribution in [3.8, 4) is 0 Å². The summed E-state index contributed by atoms with van der Waals surface area (Å²) in [7, 11) is -0.989. The fourth-order valence-electron chi connectivity index (χ4n) is 6.10.